The van der Waals surface area contributed by atoms with Crippen LogP contribution in [-0.4, -0.2) is 41.7 Å². The zero-order chi connectivity index (χ0) is 14.3. The first-order valence-corrected chi connectivity index (χ1v) is 7.00. The Morgan fingerprint density at radius 1 is 1.11 bits per heavy atom. The molecular formula is C13H24ClN3O2. The predicted octanol–water partition coefficient (Wildman–Crippen LogP) is 2.67. The van der Waals surface area contributed by atoms with Crippen molar-refractivity contribution in [2.24, 2.45) is 0 Å². The van der Waals surface area contributed by atoms with Gasteiger partial charge >= 0.3 is 0 Å². The van der Waals surface area contributed by atoms with Crippen LogP contribution in [0.25, 0.3) is 0 Å². The monoisotopic (exact) mass is 289 g/mol. The first-order valence-electron chi connectivity index (χ1n) is 6.62. The van der Waals surface area contributed by atoms with Crippen LogP contribution in [0.2, 0.25) is 5.28 Å². The van der Waals surface area contributed by atoms with Gasteiger partial charge in [0.2, 0.25) is 5.28 Å². The first kappa shape index (κ1) is 16.4. The Labute approximate surface area is 120 Å². The van der Waals surface area contributed by atoms with Crippen LogP contribution in [0.15, 0.2) is 0 Å². The van der Waals surface area contributed by atoms with Crippen molar-refractivity contribution < 1.29 is 9.47 Å². The topological polar surface area (TPSA) is 49.2 Å². The molecule has 0 aliphatic carbocycles. The molecule has 19 heavy (non-hydrogen) atoms. The molecule has 110 valence electrons. The highest BCUT2D eigenvalue weighted by molar-refractivity contribution is 6.28. The second-order valence-electron chi connectivity index (χ2n) is 5.51. The number of aromatic nitrogens is 3. The van der Waals surface area contributed by atoms with Crippen molar-refractivity contribution >= 4 is 11.6 Å². The van der Waals surface area contributed by atoms with Gasteiger partial charge < -0.3 is 14.0 Å². The van der Waals surface area contributed by atoms with Gasteiger partial charge in [0.15, 0.2) is 0 Å². The number of hydrogen-bond donors (Lipinski definition) is 0. The molecule has 0 saturated carbocycles. The van der Waals surface area contributed by atoms with E-state index < -0.39 is 0 Å². The van der Waals surface area contributed by atoms with E-state index in [9.17, 15) is 0 Å². The number of unbranched alkanes of at least 4 members (excludes halogenated alkanes) is 1. The molecule has 5 nitrogen and oxygen atoms in total. The lowest BCUT2D eigenvalue weighted by Gasteiger charge is -2.18. The quantitative estimate of drug-likeness (QED) is 0.691. The van der Waals surface area contributed by atoms with E-state index in [1.807, 2.05) is 4.57 Å². The van der Waals surface area contributed by atoms with Crippen LogP contribution in [0.5, 0.6) is 0 Å². The van der Waals surface area contributed by atoms with Gasteiger partial charge in [0.25, 0.3) is 0 Å². The lowest BCUT2D eigenvalue weighted by Crippen LogP contribution is -2.19. The molecule has 0 spiro atoms. The number of rotatable bonds is 8. The summed E-state index contributed by atoms with van der Waals surface area (Å²) >= 11 is 6.07. The minimum atomic E-state index is -0.0465. The molecule has 0 N–H and O–H groups in total. The Kier molecular flexibility index (Phi) is 6.75. The van der Waals surface area contributed by atoms with E-state index in [2.05, 4.69) is 31.0 Å². The van der Waals surface area contributed by atoms with Crippen LogP contribution in [0.3, 0.4) is 0 Å². The van der Waals surface area contributed by atoms with Gasteiger partial charge in [-0.05, 0) is 24.4 Å². The largest absolute Gasteiger partial charge is 0.382 e. The highest BCUT2D eigenvalue weighted by Crippen LogP contribution is 2.23. The molecule has 0 fully saturated rings. The fourth-order valence-electron chi connectivity index (χ4n) is 1.76. The lowest BCUT2D eigenvalue weighted by atomic mass is 9.95. The third-order valence-electron chi connectivity index (χ3n) is 2.73. The van der Waals surface area contributed by atoms with Gasteiger partial charge in [0.05, 0.1) is 13.2 Å². The summed E-state index contributed by atoms with van der Waals surface area (Å²) in [6, 6.07) is 0. The number of methoxy groups -OCH3 is 1. The summed E-state index contributed by atoms with van der Waals surface area (Å²) in [5.41, 5.74) is -0.0465. The fourth-order valence-corrected chi connectivity index (χ4v) is 1.96. The molecule has 0 bridgehead atoms. The highest BCUT2D eigenvalue weighted by Gasteiger charge is 2.22. The minimum Gasteiger partial charge on any atom is -0.382 e. The average Bonchev–Trinajstić information content (AvgIpc) is 2.69. The third kappa shape index (κ3) is 5.47. The van der Waals surface area contributed by atoms with E-state index in [0.717, 1.165) is 31.8 Å². The van der Waals surface area contributed by atoms with Crippen molar-refractivity contribution in [1.29, 1.82) is 0 Å². The van der Waals surface area contributed by atoms with E-state index in [4.69, 9.17) is 21.1 Å². The molecule has 1 heterocycles. The van der Waals surface area contributed by atoms with Gasteiger partial charge in [-0.1, -0.05) is 20.8 Å². The third-order valence-corrected chi connectivity index (χ3v) is 3.01. The van der Waals surface area contributed by atoms with Crippen LogP contribution < -0.4 is 0 Å². The van der Waals surface area contributed by atoms with Gasteiger partial charge in [0.1, 0.15) is 5.82 Å². The SMILES string of the molecule is COCCOCCCCn1c(Cl)nnc1C(C)(C)C. The normalized spacial score (nSPS) is 12.1. The number of halogens is 1. The van der Waals surface area contributed by atoms with Crippen LogP contribution in [0, 0.1) is 0 Å². The maximum Gasteiger partial charge on any atom is 0.225 e. The molecule has 6 heteroatoms. The molecule has 0 amide bonds. The zero-order valence-electron chi connectivity index (χ0n) is 12.3. The summed E-state index contributed by atoms with van der Waals surface area (Å²) in [5, 5.41) is 8.58. The molecule has 0 aromatic carbocycles. The highest BCUT2D eigenvalue weighted by atomic mass is 35.5. The second kappa shape index (κ2) is 7.82. The minimum absolute atomic E-state index is 0.0465. The van der Waals surface area contributed by atoms with Crippen molar-refractivity contribution in [3.8, 4) is 0 Å². The fraction of sp³-hybridized carbons (Fsp3) is 0.846. The molecule has 0 radical (unpaired) electrons. The van der Waals surface area contributed by atoms with E-state index in [1.165, 1.54) is 0 Å². The van der Waals surface area contributed by atoms with Crippen LogP contribution in [0.4, 0.5) is 0 Å². The molecule has 1 aromatic heterocycles. The summed E-state index contributed by atoms with van der Waals surface area (Å²) in [7, 11) is 1.67. The summed E-state index contributed by atoms with van der Waals surface area (Å²) in [6.07, 6.45) is 1.98. The maximum absolute atomic E-state index is 6.07. The molecule has 0 atom stereocenters. The molecular weight excluding hydrogens is 266 g/mol. The van der Waals surface area contributed by atoms with Crippen LogP contribution in [-0.2, 0) is 21.4 Å². The van der Waals surface area contributed by atoms with Crippen molar-refractivity contribution in [2.45, 2.75) is 45.6 Å². The Bertz CT molecular complexity index is 374. The molecule has 0 saturated heterocycles. The average molecular weight is 290 g/mol. The molecule has 0 aliphatic heterocycles. The molecule has 1 rings (SSSR count). The van der Waals surface area contributed by atoms with Crippen molar-refractivity contribution in [2.75, 3.05) is 26.9 Å². The maximum atomic E-state index is 6.07. The van der Waals surface area contributed by atoms with E-state index >= 15 is 0 Å². The summed E-state index contributed by atoms with van der Waals surface area (Å²) in [5.74, 6) is 0.929. The lowest BCUT2D eigenvalue weighted by molar-refractivity contribution is 0.0684. The van der Waals surface area contributed by atoms with Crippen LogP contribution >= 0.6 is 11.6 Å². The standard InChI is InChI=1S/C13H24ClN3O2/c1-13(2,3)11-15-16-12(14)17(11)7-5-6-8-19-10-9-18-4/h5-10H2,1-4H3. The van der Waals surface area contributed by atoms with Crippen molar-refractivity contribution in [3.63, 3.8) is 0 Å². The first-order chi connectivity index (χ1) is 8.96. The second-order valence-corrected chi connectivity index (χ2v) is 5.84. The molecule has 0 aliphatic rings. The van der Waals surface area contributed by atoms with E-state index in [1.54, 1.807) is 7.11 Å². The van der Waals surface area contributed by atoms with Gasteiger partial charge in [0, 0.05) is 25.7 Å². The smallest absolute Gasteiger partial charge is 0.225 e. The Morgan fingerprint density at radius 2 is 1.84 bits per heavy atom. The molecule has 0 unspecified atom stereocenters. The zero-order valence-corrected chi connectivity index (χ0v) is 13.0. The Morgan fingerprint density at radius 3 is 2.47 bits per heavy atom. The Hall–Kier alpha value is -0.650. The van der Waals surface area contributed by atoms with Crippen molar-refractivity contribution in [3.05, 3.63) is 11.1 Å². The van der Waals surface area contributed by atoms with Gasteiger partial charge in [-0.15, -0.1) is 10.2 Å². The van der Waals surface area contributed by atoms with E-state index in [-0.39, 0.29) is 5.41 Å². The summed E-state index contributed by atoms with van der Waals surface area (Å²) in [6.45, 7) is 9.19. The van der Waals surface area contributed by atoms with Crippen molar-refractivity contribution in [1.82, 2.24) is 14.8 Å². The van der Waals surface area contributed by atoms with Crippen LogP contribution in [0.1, 0.15) is 39.4 Å². The van der Waals surface area contributed by atoms with Gasteiger partial charge in [-0.25, -0.2) is 0 Å². The molecule has 1 aromatic rings. The number of ether oxygens (including phenoxy) is 2. The predicted molar refractivity (Wildman–Crippen MR) is 75.7 cm³/mol. The van der Waals surface area contributed by atoms with Gasteiger partial charge in [-0.3, -0.25) is 0 Å². The summed E-state index contributed by atoms with van der Waals surface area (Å²) < 4.78 is 12.3. The Balaban J connectivity index is 2.35. The number of nitrogens with zero attached hydrogens (tertiary/aromatic N) is 3. The number of hydrogen-bond acceptors (Lipinski definition) is 4. The summed E-state index contributed by atoms with van der Waals surface area (Å²) in [4.78, 5) is 0. The van der Waals surface area contributed by atoms with Gasteiger partial charge in [-0.2, -0.15) is 0 Å². The van der Waals surface area contributed by atoms with E-state index in [0.29, 0.717) is 18.5 Å².